The summed E-state index contributed by atoms with van der Waals surface area (Å²) in [7, 11) is 0. The molecule has 2 aromatic heterocycles. The Kier molecular flexibility index (Phi) is 5.72. The number of nitrogens with one attached hydrogen (secondary N) is 1. The molecule has 0 aliphatic carbocycles. The monoisotopic (exact) mass is 457 g/mol. The van der Waals surface area contributed by atoms with Crippen LogP contribution in [0.1, 0.15) is 12.5 Å². The van der Waals surface area contributed by atoms with E-state index in [0.29, 0.717) is 5.75 Å². The molecule has 3 aromatic carbocycles. The summed E-state index contributed by atoms with van der Waals surface area (Å²) in [6.07, 6.45) is 0. The number of rotatable bonds is 6. The zero-order chi connectivity index (χ0) is 22.1. The molecular formula is C26H23N3OS2. The average Bonchev–Trinajstić information content (AvgIpc) is 3.41. The summed E-state index contributed by atoms with van der Waals surface area (Å²) in [6.45, 7) is 5.14. The number of fused-ring (bicyclic) bond motifs is 3. The third kappa shape index (κ3) is 4.04. The van der Waals surface area contributed by atoms with E-state index < -0.39 is 0 Å². The number of carbonyl (C=O) groups is 1. The van der Waals surface area contributed by atoms with Crippen molar-refractivity contribution in [1.82, 2.24) is 9.55 Å². The number of thiazole rings is 1. The molecule has 5 rings (SSSR count). The molecule has 1 N–H and O–H groups in total. The lowest BCUT2D eigenvalue weighted by atomic mass is 10.1. The van der Waals surface area contributed by atoms with Gasteiger partial charge >= 0.3 is 0 Å². The first-order valence-electron chi connectivity index (χ1n) is 10.6. The molecule has 0 spiro atoms. The SMILES string of the molecule is CCn1c2ccccc2c2cc(NC(=O)CSc3nc(-c4ccc(C)cc4)cs3)ccc21. The Balaban J connectivity index is 1.28. The Morgan fingerprint density at radius 2 is 1.81 bits per heavy atom. The number of hydrogen-bond acceptors (Lipinski definition) is 4. The van der Waals surface area contributed by atoms with Crippen LogP contribution in [0, 0.1) is 6.92 Å². The fraction of sp³-hybridized carbons (Fsp3) is 0.154. The molecule has 0 atom stereocenters. The molecule has 32 heavy (non-hydrogen) atoms. The van der Waals surface area contributed by atoms with Gasteiger partial charge in [-0.1, -0.05) is 59.8 Å². The number of aryl methyl sites for hydroxylation is 2. The lowest BCUT2D eigenvalue weighted by Gasteiger charge is -2.06. The van der Waals surface area contributed by atoms with Gasteiger partial charge in [0.15, 0.2) is 4.34 Å². The van der Waals surface area contributed by atoms with E-state index in [9.17, 15) is 4.79 Å². The Labute approximate surface area is 195 Å². The Morgan fingerprint density at radius 1 is 1.03 bits per heavy atom. The highest BCUT2D eigenvalue weighted by Crippen LogP contribution is 2.32. The second-order valence-corrected chi connectivity index (χ2v) is 9.78. The maximum Gasteiger partial charge on any atom is 0.234 e. The first-order valence-corrected chi connectivity index (χ1v) is 12.4. The van der Waals surface area contributed by atoms with E-state index in [0.717, 1.165) is 33.2 Å². The van der Waals surface area contributed by atoms with Gasteiger partial charge < -0.3 is 9.88 Å². The summed E-state index contributed by atoms with van der Waals surface area (Å²) < 4.78 is 3.21. The Morgan fingerprint density at radius 3 is 2.62 bits per heavy atom. The molecule has 0 unspecified atom stereocenters. The molecule has 0 aliphatic heterocycles. The number of hydrogen-bond donors (Lipinski definition) is 1. The van der Waals surface area contributed by atoms with Crippen LogP contribution in [0.5, 0.6) is 0 Å². The van der Waals surface area contributed by atoms with Crippen LogP contribution in [0.15, 0.2) is 76.4 Å². The lowest BCUT2D eigenvalue weighted by molar-refractivity contribution is -0.113. The standard InChI is InChI=1S/C26H23N3OS2/c1-3-29-23-7-5-4-6-20(23)21-14-19(12-13-24(21)29)27-25(30)16-32-26-28-22(15-31-26)18-10-8-17(2)9-11-18/h4-15H,3,16H2,1-2H3,(H,27,30). The number of carbonyl (C=O) groups excluding carboxylic acids is 1. The number of benzene rings is 3. The molecule has 2 heterocycles. The third-order valence-corrected chi connectivity index (χ3v) is 7.55. The molecule has 0 radical (unpaired) electrons. The molecule has 4 nitrogen and oxygen atoms in total. The van der Waals surface area contributed by atoms with Crippen LogP contribution in [0.4, 0.5) is 5.69 Å². The first kappa shape index (κ1) is 20.8. The van der Waals surface area contributed by atoms with Crippen molar-refractivity contribution >= 4 is 56.5 Å². The van der Waals surface area contributed by atoms with Crippen LogP contribution in [0.2, 0.25) is 0 Å². The Hall–Kier alpha value is -3.09. The van der Waals surface area contributed by atoms with Gasteiger partial charge in [-0.15, -0.1) is 11.3 Å². The second-order valence-electron chi connectivity index (χ2n) is 7.69. The predicted molar refractivity (Wildman–Crippen MR) is 137 cm³/mol. The largest absolute Gasteiger partial charge is 0.341 e. The van der Waals surface area contributed by atoms with Crippen molar-refractivity contribution in [2.45, 2.75) is 24.7 Å². The van der Waals surface area contributed by atoms with E-state index >= 15 is 0 Å². The predicted octanol–water partition coefficient (Wildman–Crippen LogP) is 6.98. The summed E-state index contributed by atoms with van der Waals surface area (Å²) in [5, 5.41) is 7.46. The smallest absolute Gasteiger partial charge is 0.234 e. The highest BCUT2D eigenvalue weighted by Gasteiger charge is 2.12. The number of para-hydroxylation sites is 1. The highest BCUT2D eigenvalue weighted by atomic mass is 32.2. The maximum atomic E-state index is 12.6. The number of amides is 1. The van der Waals surface area contributed by atoms with Gasteiger partial charge in [0.1, 0.15) is 0 Å². The summed E-state index contributed by atoms with van der Waals surface area (Å²) in [5.74, 6) is 0.302. The first-order chi connectivity index (χ1) is 15.6. The lowest BCUT2D eigenvalue weighted by Crippen LogP contribution is -2.13. The molecule has 0 bridgehead atoms. The minimum absolute atomic E-state index is 0.0272. The summed E-state index contributed by atoms with van der Waals surface area (Å²) >= 11 is 3.05. The topological polar surface area (TPSA) is 46.9 Å². The van der Waals surface area contributed by atoms with Gasteiger partial charge in [-0.2, -0.15) is 0 Å². The van der Waals surface area contributed by atoms with Crippen LogP contribution in [-0.4, -0.2) is 21.2 Å². The van der Waals surface area contributed by atoms with Crippen molar-refractivity contribution in [1.29, 1.82) is 0 Å². The van der Waals surface area contributed by atoms with Crippen LogP contribution in [0.25, 0.3) is 33.1 Å². The van der Waals surface area contributed by atoms with Gasteiger partial charge in [0.25, 0.3) is 0 Å². The van der Waals surface area contributed by atoms with Gasteiger partial charge in [-0.3, -0.25) is 4.79 Å². The van der Waals surface area contributed by atoms with E-state index in [4.69, 9.17) is 0 Å². The van der Waals surface area contributed by atoms with Gasteiger partial charge in [0.2, 0.25) is 5.91 Å². The number of thioether (sulfide) groups is 1. The normalized spacial score (nSPS) is 11.3. The van der Waals surface area contributed by atoms with Crippen molar-refractivity contribution in [2.75, 3.05) is 11.1 Å². The van der Waals surface area contributed by atoms with Crippen LogP contribution in [0.3, 0.4) is 0 Å². The fourth-order valence-electron chi connectivity index (χ4n) is 3.98. The molecule has 0 saturated heterocycles. The average molecular weight is 458 g/mol. The van der Waals surface area contributed by atoms with Crippen LogP contribution in [-0.2, 0) is 11.3 Å². The second kappa shape index (κ2) is 8.81. The van der Waals surface area contributed by atoms with Gasteiger partial charge in [-0.05, 0) is 38.1 Å². The Bertz CT molecular complexity index is 1420. The molecule has 6 heteroatoms. The van der Waals surface area contributed by atoms with Gasteiger partial charge in [-0.25, -0.2) is 4.98 Å². The van der Waals surface area contributed by atoms with Crippen molar-refractivity contribution in [3.05, 3.63) is 77.7 Å². The zero-order valence-electron chi connectivity index (χ0n) is 18.0. The zero-order valence-corrected chi connectivity index (χ0v) is 19.6. The number of nitrogens with zero attached hydrogens (tertiary/aromatic N) is 2. The van der Waals surface area contributed by atoms with Crippen LogP contribution < -0.4 is 5.32 Å². The fourth-order valence-corrected chi connectivity index (χ4v) is 5.61. The van der Waals surface area contributed by atoms with Crippen molar-refractivity contribution in [3.8, 4) is 11.3 Å². The number of aromatic nitrogens is 2. The summed E-state index contributed by atoms with van der Waals surface area (Å²) in [6, 6.07) is 22.9. The summed E-state index contributed by atoms with van der Waals surface area (Å²) in [4.78, 5) is 17.3. The van der Waals surface area contributed by atoms with E-state index in [2.05, 4.69) is 89.4 Å². The third-order valence-electron chi connectivity index (χ3n) is 5.53. The quantitative estimate of drug-likeness (QED) is 0.280. The van der Waals surface area contributed by atoms with E-state index in [-0.39, 0.29) is 5.91 Å². The molecule has 0 fully saturated rings. The van der Waals surface area contributed by atoms with E-state index in [1.165, 1.54) is 33.7 Å². The minimum atomic E-state index is -0.0272. The molecule has 0 saturated carbocycles. The van der Waals surface area contributed by atoms with Gasteiger partial charge in [0, 0.05) is 45.0 Å². The van der Waals surface area contributed by atoms with Crippen molar-refractivity contribution < 1.29 is 4.79 Å². The molecule has 5 aromatic rings. The van der Waals surface area contributed by atoms with E-state index in [1.54, 1.807) is 11.3 Å². The van der Waals surface area contributed by atoms with Gasteiger partial charge in [0.05, 0.1) is 11.4 Å². The molecular weight excluding hydrogens is 434 g/mol. The number of anilines is 1. The molecule has 1 amide bonds. The minimum Gasteiger partial charge on any atom is -0.341 e. The van der Waals surface area contributed by atoms with Crippen molar-refractivity contribution in [3.63, 3.8) is 0 Å². The molecule has 160 valence electrons. The highest BCUT2D eigenvalue weighted by molar-refractivity contribution is 8.01. The maximum absolute atomic E-state index is 12.6. The molecule has 0 aliphatic rings. The van der Waals surface area contributed by atoms with Crippen LogP contribution >= 0.6 is 23.1 Å². The van der Waals surface area contributed by atoms with Crippen molar-refractivity contribution in [2.24, 2.45) is 0 Å². The summed E-state index contributed by atoms with van der Waals surface area (Å²) in [5.41, 5.74) is 6.51. The van der Waals surface area contributed by atoms with E-state index in [1.807, 2.05) is 11.4 Å².